The molecule has 0 bridgehead atoms. The number of rotatable bonds is 5. The molecule has 10 heteroatoms. The van der Waals surface area contributed by atoms with Gasteiger partial charge < -0.3 is 15.8 Å². The number of methoxy groups -OCH3 is 1. The molecule has 2 heterocycles. The van der Waals surface area contributed by atoms with Gasteiger partial charge in [0.05, 0.1) is 17.7 Å². The monoisotopic (exact) mass is 327 g/mol. The number of anilines is 3. The first-order valence-electron chi connectivity index (χ1n) is 6.82. The van der Waals surface area contributed by atoms with Crippen LogP contribution >= 0.6 is 0 Å². The van der Waals surface area contributed by atoms with Crippen LogP contribution in [0, 0.1) is 10.1 Å². The topological polar surface area (TPSA) is 134 Å². The zero-order valence-electron chi connectivity index (χ0n) is 12.6. The summed E-state index contributed by atoms with van der Waals surface area (Å²) >= 11 is 0. The summed E-state index contributed by atoms with van der Waals surface area (Å²) in [5.41, 5.74) is 6.11. The van der Waals surface area contributed by atoms with E-state index < -0.39 is 4.92 Å². The molecule has 3 aromatic rings. The first kappa shape index (κ1) is 15.2. The van der Waals surface area contributed by atoms with Gasteiger partial charge >= 0.3 is 0 Å². The number of nitro groups is 1. The number of benzene rings is 1. The second-order valence-corrected chi connectivity index (χ2v) is 4.66. The molecule has 3 N–H and O–H groups in total. The highest BCUT2D eigenvalue weighted by Gasteiger charge is 2.15. The smallest absolute Gasteiger partial charge is 0.271 e. The van der Waals surface area contributed by atoms with Crippen LogP contribution in [0.3, 0.4) is 0 Å². The fraction of sp³-hybridized carbons (Fsp3) is 0.0714. The van der Waals surface area contributed by atoms with Crippen LogP contribution in [-0.2, 0) is 0 Å². The van der Waals surface area contributed by atoms with Gasteiger partial charge in [-0.05, 0) is 18.2 Å². The summed E-state index contributed by atoms with van der Waals surface area (Å²) in [4.78, 5) is 18.6. The van der Waals surface area contributed by atoms with E-state index in [0.29, 0.717) is 17.3 Å². The maximum absolute atomic E-state index is 10.9. The molecule has 0 radical (unpaired) electrons. The summed E-state index contributed by atoms with van der Waals surface area (Å²) < 4.78 is 6.54. The highest BCUT2D eigenvalue weighted by molar-refractivity contribution is 5.66. The quantitative estimate of drug-likeness (QED) is 0.536. The van der Waals surface area contributed by atoms with Gasteiger partial charge in [-0.1, -0.05) is 6.07 Å². The molecule has 2 aromatic heterocycles. The number of nitrogens with two attached hydrogens (primary N) is 1. The fourth-order valence-electron chi connectivity index (χ4n) is 2.05. The van der Waals surface area contributed by atoms with Gasteiger partial charge in [0, 0.05) is 18.3 Å². The zero-order chi connectivity index (χ0) is 17.1. The van der Waals surface area contributed by atoms with E-state index in [4.69, 9.17) is 10.5 Å². The minimum atomic E-state index is -0.501. The lowest BCUT2D eigenvalue weighted by Crippen LogP contribution is -2.04. The number of hydrogen-bond donors (Lipinski definition) is 2. The average Bonchev–Trinajstić information content (AvgIpc) is 2.96. The van der Waals surface area contributed by atoms with Gasteiger partial charge in [-0.3, -0.25) is 10.1 Å². The number of nitro benzene ring substituents is 1. The lowest BCUT2D eigenvalue weighted by molar-refractivity contribution is -0.384. The summed E-state index contributed by atoms with van der Waals surface area (Å²) in [5.74, 6) is 1.20. The van der Waals surface area contributed by atoms with Crippen LogP contribution in [-0.4, -0.2) is 31.8 Å². The van der Waals surface area contributed by atoms with Crippen molar-refractivity contribution in [2.24, 2.45) is 0 Å². The zero-order valence-corrected chi connectivity index (χ0v) is 12.6. The molecule has 0 amide bonds. The Morgan fingerprint density at radius 1 is 1.33 bits per heavy atom. The predicted molar refractivity (Wildman–Crippen MR) is 86.5 cm³/mol. The van der Waals surface area contributed by atoms with Gasteiger partial charge in [-0.25, -0.2) is 4.98 Å². The molecule has 0 fully saturated rings. The number of ether oxygens (including phenoxy) is 1. The highest BCUT2D eigenvalue weighted by Crippen LogP contribution is 2.30. The van der Waals surface area contributed by atoms with Crippen LogP contribution in [0.4, 0.5) is 23.3 Å². The van der Waals surface area contributed by atoms with Crippen LogP contribution in [0.2, 0.25) is 0 Å². The predicted octanol–water partition coefficient (Wildman–Crippen LogP) is 1.90. The van der Waals surface area contributed by atoms with Crippen molar-refractivity contribution < 1.29 is 9.66 Å². The van der Waals surface area contributed by atoms with E-state index in [1.54, 1.807) is 24.4 Å². The van der Waals surface area contributed by atoms with Crippen molar-refractivity contribution in [2.75, 3.05) is 18.2 Å². The van der Waals surface area contributed by atoms with Gasteiger partial charge in [0.2, 0.25) is 11.9 Å². The number of nitrogen functional groups attached to an aromatic ring is 1. The SMILES string of the molecule is COc1ccc([N+](=O)[O-])cc1Nc1nc(N)n(-c2ccccn2)n1. The molecule has 0 aliphatic heterocycles. The summed E-state index contributed by atoms with van der Waals surface area (Å²) in [6.07, 6.45) is 1.60. The van der Waals surface area contributed by atoms with Crippen LogP contribution in [0.5, 0.6) is 5.75 Å². The third-order valence-electron chi connectivity index (χ3n) is 3.14. The molecule has 0 aliphatic carbocycles. The molecule has 10 nitrogen and oxygen atoms in total. The standard InChI is InChI=1S/C14H13N7O3/c1-24-11-6-5-9(21(22)23)8-10(11)17-14-18-13(15)20(19-14)12-4-2-3-7-16-12/h2-8H,1H3,(H3,15,17,18,19). The molecule has 0 spiro atoms. The van der Waals surface area contributed by atoms with Crippen molar-refractivity contribution in [2.45, 2.75) is 0 Å². The van der Waals surface area contributed by atoms with Crippen molar-refractivity contribution in [1.82, 2.24) is 19.7 Å². The highest BCUT2D eigenvalue weighted by atomic mass is 16.6. The average molecular weight is 327 g/mol. The van der Waals surface area contributed by atoms with Crippen molar-refractivity contribution >= 4 is 23.3 Å². The molecule has 0 atom stereocenters. The Kier molecular flexibility index (Phi) is 3.93. The Hall–Kier alpha value is -3.69. The Labute approximate surface area is 136 Å². The van der Waals surface area contributed by atoms with Crippen LogP contribution in [0.1, 0.15) is 0 Å². The molecule has 1 aromatic carbocycles. The normalized spacial score (nSPS) is 10.4. The minimum absolute atomic E-state index is 0.0876. The van der Waals surface area contributed by atoms with Crippen molar-refractivity contribution in [3.8, 4) is 11.6 Å². The Balaban J connectivity index is 1.95. The van der Waals surface area contributed by atoms with Gasteiger partial charge in [-0.2, -0.15) is 9.67 Å². The minimum Gasteiger partial charge on any atom is -0.495 e. The number of aromatic nitrogens is 4. The summed E-state index contributed by atoms with van der Waals surface area (Å²) in [5, 5.41) is 18.0. The van der Waals surface area contributed by atoms with Crippen LogP contribution in [0.15, 0.2) is 42.6 Å². The van der Waals surface area contributed by atoms with Gasteiger partial charge in [0.25, 0.3) is 5.69 Å². The summed E-state index contributed by atoms with van der Waals surface area (Å²) in [6.45, 7) is 0. The Morgan fingerprint density at radius 2 is 2.17 bits per heavy atom. The third-order valence-corrected chi connectivity index (χ3v) is 3.14. The second-order valence-electron chi connectivity index (χ2n) is 4.66. The molecule has 0 unspecified atom stereocenters. The number of pyridine rings is 1. The van der Waals surface area contributed by atoms with E-state index in [2.05, 4.69) is 20.4 Å². The van der Waals surface area contributed by atoms with Gasteiger partial charge in [-0.15, -0.1) is 5.10 Å². The summed E-state index contributed by atoms with van der Waals surface area (Å²) in [6, 6.07) is 9.45. The molecular formula is C14H13N7O3. The summed E-state index contributed by atoms with van der Waals surface area (Å²) in [7, 11) is 1.46. The molecule has 0 saturated carbocycles. The van der Waals surface area contributed by atoms with Gasteiger partial charge in [0.1, 0.15) is 5.75 Å². The molecule has 24 heavy (non-hydrogen) atoms. The maximum atomic E-state index is 10.9. The number of nitrogens with one attached hydrogen (secondary N) is 1. The number of nitrogens with zero attached hydrogens (tertiary/aromatic N) is 5. The maximum Gasteiger partial charge on any atom is 0.271 e. The van der Waals surface area contributed by atoms with E-state index >= 15 is 0 Å². The van der Waals surface area contributed by atoms with Crippen LogP contribution in [0.25, 0.3) is 5.82 Å². The van der Waals surface area contributed by atoms with Crippen LogP contribution < -0.4 is 15.8 Å². The van der Waals surface area contributed by atoms with Gasteiger partial charge in [0.15, 0.2) is 5.82 Å². The molecule has 0 aliphatic rings. The lowest BCUT2D eigenvalue weighted by atomic mass is 10.2. The largest absolute Gasteiger partial charge is 0.495 e. The van der Waals surface area contributed by atoms with Crippen molar-refractivity contribution in [1.29, 1.82) is 0 Å². The van der Waals surface area contributed by atoms with Crippen molar-refractivity contribution in [3.05, 3.63) is 52.7 Å². The first-order chi connectivity index (χ1) is 11.6. The molecule has 122 valence electrons. The van der Waals surface area contributed by atoms with E-state index in [1.807, 2.05) is 0 Å². The Bertz CT molecular complexity index is 879. The van der Waals surface area contributed by atoms with E-state index in [1.165, 1.54) is 30.0 Å². The van der Waals surface area contributed by atoms with E-state index in [9.17, 15) is 10.1 Å². The lowest BCUT2D eigenvalue weighted by Gasteiger charge is -2.08. The fourth-order valence-corrected chi connectivity index (χ4v) is 2.05. The molecule has 0 saturated heterocycles. The number of hydrogen-bond acceptors (Lipinski definition) is 8. The second kappa shape index (κ2) is 6.20. The first-order valence-corrected chi connectivity index (χ1v) is 6.82. The number of non-ortho nitro benzene ring substituents is 1. The molecule has 3 rings (SSSR count). The van der Waals surface area contributed by atoms with E-state index in [0.717, 1.165) is 0 Å². The van der Waals surface area contributed by atoms with E-state index in [-0.39, 0.29) is 17.6 Å². The Morgan fingerprint density at radius 3 is 2.83 bits per heavy atom. The van der Waals surface area contributed by atoms with Crippen molar-refractivity contribution in [3.63, 3.8) is 0 Å². The molecular weight excluding hydrogens is 314 g/mol. The third kappa shape index (κ3) is 2.92.